The first-order chi connectivity index (χ1) is 19.5. The molecular formula is C34H38FN2O3+. The highest BCUT2D eigenvalue weighted by molar-refractivity contribution is 5.97. The topological polar surface area (TPSA) is 52.3 Å². The summed E-state index contributed by atoms with van der Waals surface area (Å²) in [6.45, 7) is 7.05. The molecule has 1 N–H and O–H groups in total. The molecule has 5 nitrogen and oxygen atoms in total. The average Bonchev–Trinajstić information content (AvgIpc) is 3.68. The highest BCUT2D eigenvalue weighted by Gasteiger charge is 2.47. The van der Waals surface area contributed by atoms with Crippen molar-refractivity contribution in [3.8, 4) is 22.6 Å². The zero-order valence-corrected chi connectivity index (χ0v) is 23.4. The van der Waals surface area contributed by atoms with E-state index in [1.807, 2.05) is 32.2 Å². The van der Waals surface area contributed by atoms with Gasteiger partial charge in [0.2, 0.25) is 0 Å². The predicted octanol–water partition coefficient (Wildman–Crippen LogP) is 6.00. The van der Waals surface area contributed by atoms with Crippen LogP contribution in [-0.4, -0.2) is 37.8 Å². The fraction of sp³-hybridized carbons (Fsp3) is 0.412. The molecule has 0 spiro atoms. The van der Waals surface area contributed by atoms with Gasteiger partial charge in [0.15, 0.2) is 5.78 Å². The minimum atomic E-state index is -0.263. The summed E-state index contributed by atoms with van der Waals surface area (Å²) in [5.41, 5.74) is 5.90. The maximum atomic E-state index is 13.6. The van der Waals surface area contributed by atoms with E-state index in [0.29, 0.717) is 37.5 Å². The van der Waals surface area contributed by atoms with Gasteiger partial charge in [0, 0.05) is 42.5 Å². The number of rotatable bonds is 10. The summed E-state index contributed by atoms with van der Waals surface area (Å²) in [5.74, 6) is 2.58. The molecule has 1 saturated heterocycles. The fourth-order valence-electron chi connectivity index (χ4n) is 7.18. The molecule has 1 saturated carbocycles. The number of carbonyl (C=O) groups is 1. The molecule has 2 fully saturated rings. The van der Waals surface area contributed by atoms with Crippen molar-refractivity contribution in [2.75, 3.05) is 19.8 Å². The molecule has 2 heterocycles. The van der Waals surface area contributed by atoms with Crippen LogP contribution in [0.25, 0.3) is 11.1 Å². The Kier molecular flexibility index (Phi) is 7.70. The van der Waals surface area contributed by atoms with Crippen molar-refractivity contribution in [3.05, 3.63) is 77.1 Å². The van der Waals surface area contributed by atoms with Crippen LogP contribution in [0.1, 0.15) is 61.0 Å². The van der Waals surface area contributed by atoms with Crippen LogP contribution in [-0.2, 0) is 13.0 Å². The number of hydrogen-bond acceptors (Lipinski definition) is 4. The average molecular weight is 542 g/mol. The second-order valence-electron chi connectivity index (χ2n) is 11.3. The van der Waals surface area contributed by atoms with E-state index in [2.05, 4.69) is 23.2 Å². The zero-order valence-electron chi connectivity index (χ0n) is 23.4. The quantitative estimate of drug-likeness (QED) is 0.320. The zero-order chi connectivity index (χ0) is 27.6. The van der Waals surface area contributed by atoms with Gasteiger partial charge in [-0.15, -0.1) is 0 Å². The second-order valence-corrected chi connectivity index (χ2v) is 11.3. The summed E-state index contributed by atoms with van der Waals surface area (Å²) < 4.78 is 25.8. The van der Waals surface area contributed by atoms with Gasteiger partial charge >= 0.3 is 0 Å². The minimum absolute atomic E-state index is 0.253. The number of Topliss-reactive ketones (excluding diaryl/α,β-unsaturated/α-hetero) is 1. The van der Waals surface area contributed by atoms with Gasteiger partial charge in [-0.05, 0) is 74.1 Å². The summed E-state index contributed by atoms with van der Waals surface area (Å²) in [6.07, 6.45) is 6.86. The van der Waals surface area contributed by atoms with Gasteiger partial charge in [-0.3, -0.25) is 9.79 Å². The lowest BCUT2D eigenvalue weighted by Gasteiger charge is -2.23. The SMILES string of the molecule is CCOc1cc(C[NH+]2CC[C@H]3C(CC(=O)c4ccc5c(c4)N=CC5)CC[C@H]32)cc(OCC)c1-c1ccc(F)cc1. The van der Waals surface area contributed by atoms with Gasteiger partial charge in [0.1, 0.15) is 23.9 Å². The molecule has 0 aromatic heterocycles. The van der Waals surface area contributed by atoms with Crippen molar-refractivity contribution in [2.45, 2.75) is 58.5 Å². The molecule has 0 amide bonds. The number of carbonyl (C=O) groups excluding carboxylic acids is 1. The number of ether oxygens (including phenoxy) is 2. The number of hydrogen-bond donors (Lipinski definition) is 1. The first-order valence-electron chi connectivity index (χ1n) is 14.8. The Morgan fingerprint density at radius 3 is 2.45 bits per heavy atom. The van der Waals surface area contributed by atoms with Crippen molar-refractivity contribution in [1.82, 2.24) is 0 Å². The van der Waals surface area contributed by atoms with Crippen LogP contribution in [0.5, 0.6) is 11.5 Å². The number of aliphatic imine (C=N–C) groups is 1. The van der Waals surface area contributed by atoms with Gasteiger partial charge < -0.3 is 14.4 Å². The molecule has 3 aromatic carbocycles. The molecule has 2 aliphatic heterocycles. The number of nitrogens with zero attached hydrogens (tertiary/aromatic N) is 1. The van der Waals surface area contributed by atoms with Gasteiger partial charge in [-0.25, -0.2) is 4.39 Å². The summed E-state index contributed by atoms with van der Waals surface area (Å²) in [5, 5.41) is 0. The number of fused-ring (bicyclic) bond motifs is 2. The molecule has 4 atom stereocenters. The van der Waals surface area contributed by atoms with Crippen LogP contribution < -0.4 is 14.4 Å². The molecule has 2 unspecified atom stereocenters. The molecule has 6 heteroatoms. The summed E-state index contributed by atoms with van der Waals surface area (Å²) >= 11 is 0. The highest BCUT2D eigenvalue weighted by atomic mass is 19.1. The minimum Gasteiger partial charge on any atom is -0.493 e. The van der Waals surface area contributed by atoms with Gasteiger partial charge in [0.25, 0.3) is 0 Å². The van der Waals surface area contributed by atoms with E-state index >= 15 is 0 Å². The maximum Gasteiger partial charge on any atom is 0.163 e. The molecular weight excluding hydrogens is 503 g/mol. The van der Waals surface area contributed by atoms with Crippen molar-refractivity contribution in [2.24, 2.45) is 16.8 Å². The van der Waals surface area contributed by atoms with Crippen molar-refractivity contribution >= 4 is 17.7 Å². The third-order valence-electron chi connectivity index (χ3n) is 8.98. The van der Waals surface area contributed by atoms with Crippen LogP contribution in [0.3, 0.4) is 0 Å². The summed E-state index contributed by atoms with van der Waals surface area (Å²) in [6, 6.07) is 17.4. The highest BCUT2D eigenvalue weighted by Crippen LogP contribution is 2.41. The molecule has 3 aliphatic rings. The summed E-state index contributed by atoms with van der Waals surface area (Å²) in [7, 11) is 0. The summed E-state index contributed by atoms with van der Waals surface area (Å²) in [4.78, 5) is 19.2. The smallest absolute Gasteiger partial charge is 0.163 e. The van der Waals surface area contributed by atoms with Crippen molar-refractivity contribution in [1.29, 1.82) is 0 Å². The van der Waals surface area contributed by atoms with Gasteiger partial charge in [0.05, 0.1) is 37.1 Å². The second kappa shape index (κ2) is 11.5. The number of ketones is 1. The van der Waals surface area contributed by atoms with E-state index in [9.17, 15) is 9.18 Å². The van der Waals surface area contributed by atoms with E-state index in [-0.39, 0.29) is 11.6 Å². The Morgan fingerprint density at radius 1 is 0.975 bits per heavy atom. The molecule has 6 rings (SSSR count). The third-order valence-corrected chi connectivity index (χ3v) is 8.98. The Hall–Kier alpha value is -3.51. The fourth-order valence-corrected chi connectivity index (χ4v) is 7.18. The monoisotopic (exact) mass is 541 g/mol. The van der Waals surface area contributed by atoms with Gasteiger partial charge in [-0.2, -0.15) is 0 Å². The molecule has 208 valence electrons. The van der Waals surface area contributed by atoms with E-state index in [1.54, 1.807) is 17.0 Å². The number of nitrogens with one attached hydrogen (secondary N) is 1. The van der Waals surface area contributed by atoms with E-state index in [0.717, 1.165) is 72.6 Å². The van der Waals surface area contributed by atoms with Crippen LogP contribution in [0.15, 0.2) is 59.6 Å². The predicted molar refractivity (Wildman–Crippen MR) is 156 cm³/mol. The molecule has 40 heavy (non-hydrogen) atoms. The largest absolute Gasteiger partial charge is 0.493 e. The molecule has 3 aromatic rings. The Balaban J connectivity index is 1.18. The number of likely N-dealkylation sites (tertiary alicyclic amines) is 1. The van der Waals surface area contributed by atoms with E-state index in [1.165, 1.54) is 23.3 Å². The van der Waals surface area contributed by atoms with Crippen LogP contribution >= 0.6 is 0 Å². The first-order valence-corrected chi connectivity index (χ1v) is 14.8. The molecule has 0 radical (unpaired) electrons. The Morgan fingerprint density at radius 2 is 1.73 bits per heavy atom. The molecule has 0 bridgehead atoms. The third kappa shape index (κ3) is 5.29. The maximum absolute atomic E-state index is 13.6. The van der Waals surface area contributed by atoms with E-state index < -0.39 is 0 Å². The normalized spacial score (nSPS) is 22.8. The number of quaternary nitrogens is 1. The van der Waals surface area contributed by atoms with Crippen LogP contribution in [0, 0.1) is 17.7 Å². The van der Waals surface area contributed by atoms with E-state index in [4.69, 9.17) is 9.47 Å². The first kappa shape index (κ1) is 26.7. The lowest BCUT2D eigenvalue weighted by molar-refractivity contribution is -0.927. The molecule has 1 aliphatic carbocycles. The lowest BCUT2D eigenvalue weighted by Crippen LogP contribution is -3.12. The lowest BCUT2D eigenvalue weighted by atomic mass is 9.87. The number of halogens is 1. The van der Waals surface area contributed by atoms with Gasteiger partial charge in [-0.1, -0.05) is 24.3 Å². The standard InChI is InChI=1S/C34H37FN2O3/c1-3-39-32-17-22(18-33(40-4-2)34(32)24-7-10-27(35)11-8-24)21-37-16-14-28-25(9-12-30(28)37)20-31(38)26-6-5-23-13-15-36-29(23)19-26/h5-8,10-11,15,17-19,25,28,30H,3-4,9,12-14,16,20-21H2,1-2H3/p+1/t25?,28-,30+/m0/s1. The van der Waals surface area contributed by atoms with Crippen LogP contribution in [0.4, 0.5) is 10.1 Å². The Bertz CT molecular complexity index is 1390. The van der Waals surface area contributed by atoms with Crippen molar-refractivity contribution < 1.29 is 23.6 Å². The number of benzene rings is 3. The Labute approximate surface area is 236 Å². The van der Waals surface area contributed by atoms with Crippen molar-refractivity contribution in [3.63, 3.8) is 0 Å². The van der Waals surface area contributed by atoms with Crippen LogP contribution in [0.2, 0.25) is 0 Å².